The lowest BCUT2D eigenvalue weighted by atomic mass is 10.3. The lowest BCUT2D eigenvalue weighted by Gasteiger charge is -2.24. The molecule has 0 radical (unpaired) electrons. The fraction of sp³-hybridized carbons (Fsp3) is 0.727. The van der Waals surface area contributed by atoms with E-state index in [1.807, 2.05) is 14.0 Å². The summed E-state index contributed by atoms with van der Waals surface area (Å²) in [6, 6.07) is 0.782. The summed E-state index contributed by atoms with van der Waals surface area (Å²) in [4.78, 5) is 6.15. The minimum absolute atomic E-state index is 0.172. The lowest BCUT2D eigenvalue weighted by molar-refractivity contribution is 0.248. The predicted octanol–water partition coefficient (Wildman–Crippen LogP) is 1.87. The number of sulfonamides is 1. The maximum absolute atomic E-state index is 12.2. The molecule has 1 fully saturated rings. The molecule has 0 aromatic carbocycles. The minimum atomic E-state index is -3.51. The van der Waals surface area contributed by atoms with Crippen molar-refractivity contribution in [2.24, 2.45) is 0 Å². The Kier molecular flexibility index (Phi) is 4.52. The first-order valence-corrected chi connectivity index (χ1v) is 8.83. The topological polar surface area (TPSA) is 62.3 Å². The van der Waals surface area contributed by atoms with Crippen LogP contribution in [0.2, 0.25) is 4.47 Å². The maximum Gasteiger partial charge on any atom is 0.252 e. The molecule has 19 heavy (non-hydrogen) atoms. The number of likely N-dealkylation sites (N-methyl/N-ethyl adjacent to an activating group) is 1. The minimum Gasteiger partial charge on any atom is -0.299 e. The van der Waals surface area contributed by atoms with Gasteiger partial charge in [0.05, 0.1) is 5.69 Å². The van der Waals surface area contributed by atoms with Crippen LogP contribution in [0.15, 0.2) is 4.21 Å². The van der Waals surface area contributed by atoms with Crippen LogP contribution in [-0.4, -0.2) is 44.0 Å². The number of hydrogen-bond acceptors (Lipinski definition) is 5. The molecule has 1 aromatic heterocycles. The fourth-order valence-electron chi connectivity index (χ4n) is 1.88. The van der Waals surface area contributed by atoms with E-state index in [1.165, 1.54) is 12.8 Å². The predicted molar refractivity (Wildman–Crippen MR) is 77.3 cm³/mol. The second-order valence-corrected chi connectivity index (χ2v) is 8.48. The molecule has 8 heteroatoms. The molecule has 1 heterocycles. The van der Waals surface area contributed by atoms with Gasteiger partial charge in [0.15, 0.2) is 8.68 Å². The van der Waals surface area contributed by atoms with E-state index in [4.69, 9.17) is 11.6 Å². The summed E-state index contributed by atoms with van der Waals surface area (Å²) >= 11 is 6.73. The monoisotopic (exact) mass is 323 g/mol. The second kappa shape index (κ2) is 5.65. The van der Waals surface area contributed by atoms with Crippen LogP contribution in [0.1, 0.15) is 25.5 Å². The number of aryl methyl sites for hydroxylation is 1. The molecule has 0 bridgehead atoms. The van der Waals surface area contributed by atoms with Crippen LogP contribution in [0.5, 0.6) is 0 Å². The van der Waals surface area contributed by atoms with Crippen LogP contribution in [0.3, 0.4) is 0 Å². The van der Waals surface area contributed by atoms with Crippen LogP contribution >= 0.6 is 22.9 Å². The van der Waals surface area contributed by atoms with E-state index in [0.717, 1.165) is 11.3 Å². The molecule has 2 rings (SSSR count). The SMILES string of the molecule is Cc1nc(Cl)sc1S(=O)(=O)NCC(C)N(C)C1CC1. The zero-order chi connectivity index (χ0) is 14.2. The second-order valence-electron chi connectivity index (χ2n) is 4.94. The first-order chi connectivity index (χ1) is 8.81. The highest BCUT2D eigenvalue weighted by atomic mass is 35.5. The van der Waals surface area contributed by atoms with Crippen LogP contribution in [0.25, 0.3) is 0 Å². The first-order valence-electron chi connectivity index (χ1n) is 6.16. The Morgan fingerprint density at radius 1 is 1.58 bits per heavy atom. The van der Waals surface area contributed by atoms with Crippen molar-refractivity contribution in [3.63, 3.8) is 0 Å². The van der Waals surface area contributed by atoms with E-state index >= 15 is 0 Å². The number of rotatable bonds is 6. The Bertz CT molecular complexity index is 554. The van der Waals surface area contributed by atoms with E-state index in [1.54, 1.807) is 6.92 Å². The summed E-state index contributed by atoms with van der Waals surface area (Å²) in [7, 11) is -1.48. The number of nitrogens with one attached hydrogen (secondary N) is 1. The molecule has 1 atom stereocenters. The quantitative estimate of drug-likeness (QED) is 0.868. The zero-order valence-electron chi connectivity index (χ0n) is 11.2. The molecule has 1 unspecified atom stereocenters. The molecule has 1 aliphatic rings. The molecular formula is C11H18ClN3O2S2. The van der Waals surface area contributed by atoms with Crippen molar-refractivity contribution in [1.29, 1.82) is 0 Å². The third kappa shape index (κ3) is 3.66. The molecule has 1 N–H and O–H groups in total. The zero-order valence-corrected chi connectivity index (χ0v) is 13.6. The van der Waals surface area contributed by atoms with E-state index in [9.17, 15) is 8.42 Å². The maximum atomic E-state index is 12.2. The van der Waals surface area contributed by atoms with E-state index in [0.29, 0.717) is 18.3 Å². The largest absolute Gasteiger partial charge is 0.299 e. The van der Waals surface area contributed by atoms with Gasteiger partial charge in [-0.3, -0.25) is 4.90 Å². The van der Waals surface area contributed by atoms with Crippen molar-refractivity contribution in [1.82, 2.24) is 14.6 Å². The molecule has 1 aliphatic carbocycles. The standard InChI is InChI=1S/C11H18ClN3O2S2/c1-7(15(3)9-4-5-9)6-13-19(16,17)10-8(2)14-11(12)18-10/h7,9,13H,4-6H2,1-3H3. The third-order valence-corrected chi connectivity index (χ3v) is 6.65. The summed E-state index contributed by atoms with van der Waals surface area (Å²) in [5.41, 5.74) is 0.450. The highest BCUT2D eigenvalue weighted by molar-refractivity contribution is 7.91. The van der Waals surface area contributed by atoms with E-state index in [2.05, 4.69) is 14.6 Å². The van der Waals surface area contributed by atoms with E-state index in [-0.39, 0.29) is 14.7 Å². The summed E-state index contributed by atoms with van der Waals surface area (Å²) in [6.07, 6.45) is 2.41. The molecule has 108 valence electrons. The van der Waals surface area contributed by atoms with Gasteiger partial charge in [0.1, 0.15) is 0 Å². The summed E-state index contributed by atoms with van der Waals surface area (Å²) in [5, 5.41) is 0. The normalized spacial score (nSPS) is 17.9. The first kappa shape index (κ1) is 15.2. The lowest BCUT2D eigenvalue weighted by Crippen LogP contribution is -2.41. The average Bonchev–Trinajstić information content (AvgIpc) is 3.11. The molecule has 1 aromatic rings. The highest BCUT2D eigenvalue weighted by Crippen LogP contribution is 2.28. The summed E-state index contributed by atoms with van der Waals surface area (Å²) < 4.78 is 27.4. The molecule has 5 nitrogen and oxygen atoms in total. The molecule has 0 aliphatic heterocycles. The van der Waals surface area contributed by atoms with Gasteiger partial charge in [0, 0.05) is 18.6 Å². The number of thiazole rings is 1. The van der Waals surface area contributed by atoms with E-state index < -0.39 is 10.0 Å². The van der Waals surface area contributed by atoms with Crippen molar-refractivity contribution >= 4 is 33.0 Å². The van der Waals surface area contributed by atoms with Crippen LogP contribution in [0, 0.1) is 6.92 Å². The molecule has 1 saturated carbocycles. The van der Waals surface area contributed by atoms with Gasteiger partial charge < -0.3 is 0 Å². The average molecular weight is 324 g/mol. The van der Waals surface area contributed by atoms with Gasteiger partial charge in [-0.25, -0.2) is 18.1 Å². The molecule has 0 saturated heterocycles. The Labute approximate surface area is 123 Å². The Hall–Kier alpha value is -0.210. The number of halogens is 1. The van der Waals surface area contributed by atoms with Crippen molar-refractivity contribution in [3.8, 4) is 0 Å². The van der Waals surface area contributed by atoms with Gasteiger partial charge in [-0.1, -0.05) is 22.9 Å². The molecule has 0 amide bonds. The van der Waals surface area contributed by atoms with Crippen molar-refractivity contribution < 1.29 is 8.42 Å². The van der Waals surface area contributed by atoms with Crippen LogP contribution < -0.4 is 4.72 Å². The van der Waals surface area contributed by atoms with Gasteiger partial charge in [-0.2, -0.15) is 0 Å². The van der Waals surface area contributed by atoms with Crippen LogP contribution in [0.4, 0.5) is 0 Å². The van der Waals surface area contributed by atoms with Gasteiger partial charge in [0.2, 0.25) is 0 Å². The number of nitrogens with zero attached hydrogens (tertiary/aromatic N) is 2. The van der Waals surface area contributed by atoms with Crippen molar-refractivity contribution in [2.45, 2.75) is 43.0 Å². The Balaban J connectivity index is 1.99. The smallest absolute Gasteiger partial charge is 0.252 e. The van der Waals surface area contributed by atoms with Gasteiger partial charge in [-0.15, -0.1) is 0 Å². The Morgan fingerprint density at radius 2 is 2.21 bits per heavy atom. The Morgan fingerprint density at radius 3 is 2.68 bits per heavy atom. The van der Waals surface area contributed by atoms with Gasteiger partial charge in [-0.05, 0) is 33.7 Å². The van der Waals surface area contributed by atoms with Gasteiger partial charge >= 0.3 is 0 Å². The fourth-order valence-corrected chi connectivity index (χ4v) is 4.78. The molecular weight excluding hydrogens is 306 g/mol. The third-order valence-electron chi connectivity index (χ3n) is 3.36. The highest BCUT2D eigenvalue weighted by Gasteiger charge is 2.30. The van der Waals surface area contributed by atoms with Crippen LogP contribution in [-0.2, 0) is 10.0 Å². The summed E-state index contributed by atoms with van der Waals surface area (Å²) in [5.74, 6) is 0. The summed E-state index contributed by atoms with van der Waals surface area (Å²) in [6.45, 7) is 4.06. The number of aromatic nitrogens is 1. The van der Waals surface area contributed by atoms with Crippen molar-refractivity contribution in [2.75, 3.05) is 13.6 Å². The van der Waals surface area contributed by atoms with Crippen molar-refractivity contribution in [3.05, 3.63) is 10.2 Å². The molecule has 0 spiro atoms. The van der Waals surface area contributed by atoms with Gasteiger partial charge in [0.25, 0.3) is 10.0 Å². The number of hydrogen-bond donors (Lipinski definition) is 1.